The minimum Gasteiger partial charge on any atom is -0.497 e. The zero-order valence-corrected chi connectivity index (χ0v) is 13.8. The van der Waals surface area contributed by atoms with E-state index in [9.17, 15) is 4.79 Å². The fourth-order valence-corrected chi connectivity index (χ4v) is 2.63. The van der Waals surface area contributed by atoms with E-state index in [0.717, 1.165) is 11.3 Å². The number of nitrogens with zero attached hydrogens (tertiary/aromatic N) is 1. The van der Waals surface area contributed by atoms with E-state index < -0.39 is 0 Å². The van der Waals surface area contributed by atoms with Gasteiger partial charge in [0.05, 0.1) is 25.5 Å². The third-order valence-electron chi connectivity index (χ3n) is 2.85. The SMILES string of the molecule is COc1cccc(CSc2nc(COC(C)C)cc(=O)[nH]2)c1. The van der Waals surface area contributed by atoms with Gasteiger partial charge in [0.15, 0.2) is 5.16 Å². The molecule has 5 nitrogen and oxygen atoms in total. The molecule has 0 unspecified atom stereocenters. The molecule has 2 rings (SSSR count). The summed E-state index contributed by atoms with van der Waals surface area (Å²) in [6.07, 6.45) is 0.106. The Morgan fingerprint density at radius 1 is 1.32 bits per heavy atom. The highest BCUT2D eigenvalue weighted by atomic mass is 32.2. The molecule has 1 aromatic heterocycles. The summed E-state index contributed by atoms with van der Waals surface area (Å²) in [6.45, 7) is 4.24. The molecule has 118 valence electrons. The summed E-state index contributed by atoms with van der Waals surface area (Å²) >= 11 is 1.48. The van der Waals surface area contributed by atoms with Crippen LogP contribution in [0.2, 0.25) is 0 Å². The Morgan fingerprint density at radius 3 is 2.86 bits per heavy atom. The molecule has 0 aliphatic heterocycles. The molecule has 0 atom stereocenters. The molecule has 0 bridgehead atoms. The lowest BCUT2D eigenvalue weighted by molar-refractivity contribution is 0.0631. The molecule has 0 aliphatic rings. The van der Waals surface area contributed by atoms with E-state index in [2.05, 4.69) is 9.97 Å². The summed E-state index contributed by atoms with van der Waals surface area (Å²) in [7, 11) is 1.64. The molecule has 1 heterocycles. The van der Waals surface area contributed by atoms with Crippen molar-refractivity contribution in [1.29, 1.82) is 0 Å². The topological polar surface area (TPSA) is 64.2 Å². The molecule has 0 saturated heterocycles. The first kappa shape index (κ1) is 16.6. The Kier molecular flexibility index (Phi) is 6.03. The smallest absolute Gasteiger partial charge is 0.251 e. The van der Waals surface area contributed by atoms with Crippen LogP contribution in [0.25, 0.3) is 0 Å². The lowest BCUT2D eigenvalue weighted by Gasteiger charge is -2.08. The number of hydrogen-bond acceptors (Lipinski definition) is 5. The highest BCUT2D eigenvalue weighted by Crippen LogP contribution is 2.21. The number of H-pyrrole nitrogens is 1. The second-order valence-corrected chi connectivity index (χ2v) is 6.01. The Morgan fingerprint density at radius 2 is 2.14 bits per heavy atom. The summed E-state index contributed by atoms with van der Waals surface area (Å²) in [5.74, 6) is 1.52. The van der Waals surface area contributed by atoms with Gasteiger partial charge in [0, 0.05) is 11.8 Å². The molecular weight excluding hydrogens is 300 g/mol. The zero-order chi connectivity index (χ0) is 15.9. The number of nitrogens with one attached hydrogen (secondary N) is 1. The summed E-state index contributed by atoms with van der Waals surface area (Å²) in [4.78, 5) is 18.8. The first-order valence-corrected chi connectivity index (χ1v) is 8.03. The maximum Gasteiger partial charge on any atom is 0.251 e. The van der Waals surface area contributed by atoms with Gasteiger partial charge in [-0.3, -0.25) is 4.79 Å². The van der Waals surface area contributed by atoms with Gasteiger partial charge in [-0.25, -0.2) is 4.98 Å². The lowest BCUT2D eigenvalue weighted by atomic mass is 10.2. The van der Waals surface area contributed by atoms with Crippen molar-refractivity contribution in [3.05, 3.63) is 51.9 Å². The number of hydrogen-bond donors (Lipinski definition) is 1. The number of methoxy groups -OCH3 is 1. The van der Waals surface area contributed by atoms with Crippen LogP contribution in [-0.2, 0) is 17.1 Å². The first-order valence-electron chi connectivity index (χ1n) is 7.04. The molecule has 22 heavy (non-hydrogen) atoms. The van der Waals surface area contributed by atoms with E-state index in [0.29, 0.717) is 23.2 Å². The van der Waals surface area contributed by atoms with E-state index in [1.165, 1.54) is 17.8 Å². The molecule has 1 N–H and O–H groups in total. The highest BCUT2D eigenvalue weighted by Gasteiger charge is 2.05. The van der Waals surface area contributed by atoms with Gasteiger partial charge in [-0.2, -0.15) is 0 Å². The Labute approximate surface area is 134 Å². The average Bonchev–Trinajstić information content (AvgIpc) is 2.51. The molecule has 0 amide bonds. The van der Waals surface area contributed by atoms with Crippen LogP contribution in [0.3, 0.4) is 0 Å². The van der Waals surface area contributed by atoms with Crippen LogP contribution in [0.1, 0.15) is 25.1 Å². The van der Waals surface area contributed by atoms with Crippen molar-refractivity contribution >= 4 is 11.8 Å². The second kappa shape index (κ2) is 8.00. The number of benzene rings is 1. The maximum absolute atomic E-state index is 11.7. The molecule has 0 aliphatic carbocycles. The Hall–Kier alpha value is -1.79. The minimum atomic E-state index is -0.162. The molecule has 1 aromatic carbocycles. The van der Waals surface area contributed by atoms with Crippen molar-refractivity contribution in [3.8, 4) is 5.75 Å². The van der Waals surface area contributed by atoms with E-state index in [1.807, 2.05) is 38.1 Å². The molecule has 0 saturated carbocycles. The molecule has 6 heteroatoms. The van der Waals surface area contributed by atoms with Crippen LogP contribution in [0.15, 0.2) is 40.3 Å². The van der Waals surface area contributed by atoms with Crippen LogP contribution >= 0.6 is 11.8 Å². The lowest BCUT2D eigenvalue weighted by Crippen LogP contribution is -2.12. The van der Waals surface area contributed by atoms with Gasteiger partial charge in [0.25, 0.3) is 5.56 Å². The van der Waals surface area contributed by atoms with E-state index in [-0.39, 0.29) is 11.7 Å². The van der Waals surface area contributed by atoms with Gasteiger partial charge in [0.2, 0.25) is 0 Å². The largest absolute Gasteiger partial charge is 0.497 e. The molecule has 0 fully saturated rings. The summed E-state index contributed by atoms with van der Waals surface area (Å²) in [5.41, 5.74) is 1.59. The van der Waals surface area contributed by atoms with Crippen molar-refractivity contribution in [3.63, 3.8) is 0 Å². The van der Waals surface area contributed by atoms with Crippen molar-refractivity contribution in [1.82, 2.24) is 9.97 Å². The van der Waals surface area contributed by atoms with Gasteiger partial charge in [0.1, 0.15) is 5.75 Å². The van der Waals surface area contributed by atoms with Crippen LogP contribution in [0, 0.1) is 0 Å². The zero-order valence-electron chi connectivity index (χ0n) is 13.0. The van der Waals surface area contributed by atoms with Crippen molar-refractivity contribution < 1.29 is 9.47 Å². The van der Waals surface area contributed by atoms with Gasteiger partial charge in [-0.05, 0) is 31.5 Å². The molecule has 2 aromatic rings. The van der Waals surface area contributed by atoms with Gasteiger partial charge >= 0.3 is 0 Å². The third-order valence-corrected chi connectivity index (χ3v) is 3.79. The normalized spacial score (nSPS) is 10.9. The molecule has 0 spiro atoms. The standard InChI is InChI=1S/C16H20N2O3S/c1-11(2)21-9-13-8-15(19)18-16(17-13)22-10-12-5-4-6-14(7-12)20-3/h4-8,11H,9-10H2,1-3H3,(H,17,18,19). The molecule has 0 radical (unpaired) electrons. The fraction of sp³-hybridized carbons (Fsp3) is 0.375. The third kappa shape index (κ3) is 5.20. The number of rotatable bonds is 7. The maximum atomic E-state index is 11.7. The predicted octanol–water partition coefficient (Wildman–Crippen LogP) is 3.00. The Balaban J connectivity index is 2.04. The monoisotopic (exact) mass is 320 g/mol. The highest BCUT2D eigenvalue weighted by molar-refractivity contribution is 7.98. The van der Waals surface area contributed by atoms with Crippen LogP contribution < -0.4 is 10.3 Å². The van der Waals surface area contributed by atoms with Crippen LogP contribution in [0.4, 0.5) is 0 Å². The number of thioether (sulfide) groups is 1. The van der Waals surface area contributed by atoms with Gasteiger partial charge < -0.3 is 14.5 Å². The van der Waals surface area contributed by atoms with Crippen LogP contribution in [0.5, 0.6) is 5.75 Å². The summed E-state index contributed by atoms with van der Waals surface area (Å²) in [5, 5.41) is 0.595. The van der Waals surface area contributed by atoms with Crippen LogP contribution in [-0.4, -0.2) is 23.2 Å². The van der Waals surface area contributed by atoms with Crippen molar-refractivity contribution in [2.45, 2.75) is 37.5 Å². The van der Waals surface area contributed by atoms with Crippen molar-refractivity contribution in [2.24, 2.45) is 0 Å². The fourth-order valence-electron chi connectivity index (χ4n) is 1.79. The predicted molar refractivity (Wildman–Crippen MR) is 87.3 cm³/mol. The van der Waals surface area contributed by atoms with Crippen molar-refractivity contribution in [2.75, 3.05) is 7.11 Å². The van der Waals surface area contributed by atoms with E-state index in [1.54, 1.807) is 7.11 Å². The molecular formula is C16H20N2O3S. The number of ether oxygens (including phenoxy) is 2. The van der Waals surface area contributed by atoms with E-state index in [4.69, 9.17) is 9.47 Å². The minimum absolute atomic E-state index is 0.106. The summed E-state index contributed by atoms with van der Waals surface area (Å²) in [6, 6.07) is 9.30. The summed E-state index contributed by atoms with van der Waals surface area (Å²) < 4.78 is 10.7. The Bertz CT molecular complexity index is 670. The number of aromatic amines is 1. The average molecular weight is 320 g/mol. The quantitative estimate of drug-likeness (QED) is 0.627. The van der Waals surface area contributed by atoms with E-state index >= 15 is 0 Å². The second-order valence-electron chi connectivity index (χ2n) is 5.04. The van der Waals surface area contributed by atoms with Gasteiger partial charge in [-0.1, -0.05) is 23.9 Å². The van der Waals surface area contributed by atoms with Gasteiger partial charge in [-0.15, -0.1) is 0 Å². The first-order chi connectivity index (χ1) is 10.6. The number of aromatic nitrogens is 2.